The van der Waals surface area contributed by atoms with Gasteiger partial charge in [-0.3, -0.25) is 5.10 Å². The maximum absolute atomic E-state index is 5.91. The number of anilines is 2. The van der Waals surface area contributed by atoms with Gasteiger partial charge in [-0.05, 0) is 24.4 Å². The van der Waals surface area contributed by atoms with Gasteiger partial charge in [0, 0.05) is 23.9 Å². The molecule has 0 amide bonds. The van der Waals surface area contributed by atoms with Gasteiger partial charge in [-0.1, -0.05) is 25.6 Å². The molecule has 1 aliphatic rings. The number of nitrogens with one attached hydrogen (secondary N) is 2. The maximum Gasteiger partial charge on any atom is 0.224 e. The van der Waals surface area contributed by atoms with E-state index < -0.39 is 8.07 Å². The molecule has 7 heteroatoms. The van der Waals surface area contributed by atoms with E-state index in [2.05, 4.69) is 56.6 Å². The number of hydrogen-bond donors (Lipinski definition) is 2. The molecule has 0 aliphatic heterocycles. The number of halogens is 1. The predicted octanol–water partition coefficient (Wildman–Crippen LogP) is 3.70. The van der Waals surface area contributed by atoms with Crippen molar-refractivity contribution < 1.29 is 0 Å². The first-order chi connectivity index (χ1) is 10.4. The monoisotopic (exact) mass is 331 g/mol. The van der Waals surface area contributed by atoms with Crippen LogP contribution in [-0.2, 0) is 0 Å². The zero-order chi connectivity index (χ0) is 15.7. The van der Waals surface area contributed by atoms with Crippen molar-refractivity contribution in [1.82, 2.24) is 20.2 Å². The van der Waals surface area contributed by atoms with Gasteiger partial charge in [-0.2, -0.15) is 10.1 Å². The number of aromatic nitrogens is 4. The molecule has 0 radical (unpaired) electrons. The molecule has 2 N–H and O–H groups in total. The van der Waals surface area contributed by atoms with Crippen LogP contribution in [0.1, 0.15) is 30.0 Å². The smallest absolute Gasteiger partial charge is 0.224 e. The lowest BCUT2D eigenvalue weighted by atomic mass is 10.3. The van der Waals surface area contributed by atoms with Gasteiger partial charge in [-0.25, -0.2) is 4.98 Å². The van der Waals surface area contributed by atoms with E-state index in [1.165, 1.54) is 12.8 Å². The molecule has 2 aromatic rings. The SMILES string of the molecule is C[Si](C)(C)C#Cc1cnc(Cl)nc1Nc1cc(C2CC2)[nH]n1. The van der Waals surface area contributed by atoms with E-state index in [9.17, 15) is 0 Å². The van der Waals surface area contributed by atoms with Crippen LogP contribution in [0, 0.1) is 11.5 Å². The third-order valence-electron chi connectivity index (χ3n) is 3.19. The molecule has 2 heterocycles. The van der Waals surface area contributed by atoms with Crippen molar-refractivity contribution in [3.63, 3.8) is 0 Å². The first-order valence-corrected chi connectivity index (χ1v) is 11.2. The van der Waals surface area contributed by atoms with E-state index in [1.54, 1.807) is 6.20 Å². The Kier molecular flexibility index (Phi) is 3.93. The van der Waals surface area contributed by atoms with Crippen molar-refractivity contribution in [3.05, 3.63) is 28.8 Å². The Bertz CT molecular complexity index is 749. The quantitative estimate of drug-likeness (QED) is 0.511. The van der Waals surface area contributed by atoms with Gasteiger partial charge in [0.05, 0.1) is 5.56 Å². The summed E-state index contributed by atoms with van der Waals surface area (Å²) in [5, 5.41) is 10.7. The number of nitrogens with zero attached hydrogens (tertiary/aromatic N) is 3. The zero-order valence-electron chi connectivity index (χ0n) is 12.9. The zero-order valence-corrected chi connectivity index (χ0v) is 14.6. The van der Waals surface area contributed by atoms with Crippen LogP contribution < -0.4 is 5.32 Å². The fourth-order valence-corrected chi connectivity index (χ4v) is 2.57. The largest absolute Gasteiger partial charge is 0.322 e. The van der Waals surface area contributed by atoms with Crippen LogP contribution in [0.2, 0.25) is 24.9 Å². The van der Waals surface area contributed by atoms with E-state index in [-0.39, 0.29) is 5.28 Å². The van der Waals surface area contributed by atoms with E-state index in [0.29, 0.717) is 11.7 Å². The van der Waals surface area contributed by atoms with E-state index in [4.69, 9.17) is 11.6 Å². The number of hydrogen-bond acceptors (Lipinski definition) is 4. The third-order valence-corrected chi connectivity index (χ3v) is 4.25. The molecule has 0 aromatic carbocycles. The van der Waals surface area contributed by atoms with Gasteiger partial charge in [0.15, 0.2) is 11.6 Å². The van der Waals surface area contributed by atoms with Crippen molar-refractivity contribution in [2.24, 2.45) is 0 Å². The summed E-state index contributed by atoms with van der Waals surface area (Å²) in [6, 6.07) is 2.02. The first-order valence-electron chi connectivity index (χ1n) is 7.29. The summed E-state index contributed by atoms with van der Waals surface area (Å²) in [5.74, 6) is 5.12. The van der Waals surface area contributed by atoms with Crippen LogP contribution in [0.3, 0.4) is 0 Å². The Labute approximate surface area is 135 Å². The highest BCUT2D eigenvalue weighted by Gasteiger charge is 2.25. The predicted molar refractivity (Wildman–Crippen MR) is 91.1 cm³/mol. The molecular weight excluding hydrogens is 314 g/mol. The minimum absolute atomic E-state index is 0.194. The molecule has 0 bridgehead atoms. The summed E-state index contributed by atoms with van der Waals surface area (Å²) in [6.07, 6.45) is 4.11. The highest BCUT2D eigenvalue weighted by molar-refractivity contribution is 6.83. The van der Waals surface area contributed by atoms with E-state index >= 15 is 0 Å². The summed E-state index contributed by atoms with van der Waals surface area (Å²) >= 11 is 5.91. The Morgan fingerprint density at radius 1 is 1.36 bits per heavy atom. The number of rotatable bonds is 3. The lowest BCUT2D eigenvalue weighted by molar-refractivity contribution is 0.966. The van der Waals surface area contributed by atoms with Gasteiger partial charge in [0.2, 0.25) is 5.28 Å². The molecule has 2 aromatic heterocycles. The average Bonchev–Trinajstić information content (AvgIpc) is 3.18. The molecule has 114 valence electrons. The fraction of sp³-hybridized carbons (Fsp3) is 0.400. The van der Waals surface area contributed by atoms with Gasteiger partial charge < -0.3 is 5.32 Å². The standard InChI is InChI=1S/C15H18ClN5Si/c1-22(2,3)7-6-11-9-17-15(16)19-14(11)18-13-8-12(20-21-13)10-4-5-10/h8-10H,4-5H2,1-3H3,(H2,17,18,19,20,21). The molecule has 0 saturated heterocycles. The van der Waals surface area contributed by atoms with Crippen molar-refractivity contribution in [3.8, 4) is 11.5 Å². The van der Waals surface area contributed by atoms with Crippen LogP contribution in [0.5, 0.6) is 0 Å². The molecule has 5 nitrogen and oxygen atoms in total. The van der Waals surface area contributed by atoms with Crippen LogP contribution in [-0.4, -0.2) is 28.2 Å². The lowest BCUT2D eigenvalue weighted by Crippen LogP contribution is -2.16. The normalized spacial score (nSPS) is 14.4. The molecule has 3 rings (SSSR count). The van der Waals surface area contributed by atoms with Crippen LogP contribution in [0.15, 0.2) is 12.3 Å². The van der Waals surface area contributed by atoms with E-state index in [0.717, 1.165) is 17.1 Å². The molecular formula is C15H18ClN5Si. The molecule has 1 fully saturated rings. The Morgan fingerprint density at radius 2 is 2.14 bits per heavy atom. The lowest BCUT2D eigenvalue weighted by Gasteiger charge is -2.06. The topological polar surface area (TPSA) is 66.5 Å². The maximum atomic E-state index is 5.91. The van der Waals surface area contributed by atoms with E-state index in [1.807, 2.05) is 6.07 Å². The Hall–Kier alpha value is -1.84. The van der Waals surface area contributed by atoms with Crippen molar-refractivity contribution >= 4 is 31.3 Å². The Balaban J connectivity index is 1.87. The van der Waals surface area contributed by atoms with Crippen molar-refractivity contribution in [2.75, 3.05) is 5.32 Å². The second-order valence-corrected chi connectivity index (χ2v) is 11.6. The highest BCUT2D eigenvalue weighted by Crippen LogP contribution is 2.39. The first kappa shape index (κ1) is 15.1. The van der Waals surface area contributed by atoms with Crippen molar-refractivity contribution in [2.45, 2.75) is 38.4 Å². The highest BCUT2D eigenvalue weighted by atomic mass is 35.5. The van der Waals surface area contributed by atoms with Crippen LogP contribution in [0.4, 0.5) is 11.6 Å². The summed E-state index contributed by atoms with van der Waals surface area (Å²) in [7, 11) is -1.47. The molecule has 0 spiro atoms. The number of aromatic amines is 1. The third kappa shape index (κ3) is 3.87. The van der Waals surface area contributed by atoms with Gasteiger partial charge in [-0.15, -0.1) is 5.54 Å². The van der Waals surface area contributed by atoms with Crippen LogP contribution >= 0.6 is 11.6 Å². The summed E-state index contributed by atoms with van der Waals surface area (Å²) in [4.78, 5) is 8.27. The van der Waals surface area contributed by atoms with Crippen LogP contribution in [0.25, 0.3) is 0 Å². The average molecular weight is 332 g/mol. The van der Waals surface area contributed by atoms with Gasteiger partial charge in [0.25, 0.3) is 0 Å². The minimum atomic E-state index is -1.47. The summed E-state index contributed by atoms with van der Waals surface area (Å²) < 4.78 is 0. The summed E-state index contributed by atoms with van der Waals surface area (Å²) in [6.45, 7) is 6.58. The molecule has 0 atom stereocenters. The number of H-pyrrole nitrogens is 1. The molecule has 1 saturated carbocycles. The van der Waals surface area contributed by atoms with Gasteiger partial charge in [0.1, 0.15) is 8.07 Å². The molecule has 0 unspecified atom stereocenters. The van der Waals surface area contributed by atoms with Crippen molar-refractivity contribution in [1.29, 1.82) is 0 Å². The molecule has 1 aliphatic carbocycles. The minimum Gasteiger partial charge on any atom is -0.322 e. The Morgan fingerprint density at radius 3 is 2.82 bits per heavy atom. The summed E-state index contributed by atoms with van der Waals surface area (Å²) in [5.41, 5.74) is 5.22. The fourth-order valence-electron chi connectivity index (χ4n) is 1.93. The second kappa shape index (κ2) is 5.74. The second-order valence-electron chi connectivity index (χ2n) is 6.51. The van der Waals surface area contributed by atoms with Gasteiger partial charge >= 0.3 is 0 Å². The molecule has 22 heavy (non-hydrogen) atoms.